The molecule has 0 heterocycles. The van der Waals surface area contributed by atoms with Crippen LogP contribution in [0.3, 0.4) is 0 Å². The van der Waals surface area contributed by atoms with E-state index in [-0.39, 0.29) is 18.0 Å². The van der Waals surface area contributed by atoms with E-state index in [1.54, 1.807) is 13.8 Å². The van der Waals surface area contributed by atoms with Crippen LogP contribution in [0.1, 0.15) is 27.2 Å². The summed E-state index contributed by atoms with van der Waals surface area (Å²) in [7, 11) is 0. The summed E-state index contributed by atoms with van der Waals surface area (Å²) in [6, 6.07) is -1.31. The number of carboxylic acid groups (broad SMARTS) is 1. The van der Waals surface area contributed by atoms with Crippen molar-refractivity contribution in [2.45, 2.75) is 39.3 Å². The van der Waals surface area contributed by atoms with Crippen molar-refractivity contribution in [1.29, 1.82) is 0 Å². The molecule has 17 heavy (non-hydrogen) atoms. The number of nitrogens with one attached hydrogen (secondary N) is 2. The number of carboxylic acids is 1. The fourth-order valence-electron chi connectivity index (χ4n) is 1.05. The third-order valence-electron chi connectivity index (χ3n) is 1.83. The van der Waals surface area contributed by atoms with E-state index in [4.69, 9.17) is 5.11 Å². The van der Waals surface area contributed by atoms with Crippen LogP contribution in [0.15, 0.2) is 12.2 Å². The molecule has 0 aromatic rings. The molecule has 0 aliphatic rings. The summed E-state index contributed by atoms with van der Waals surface area (Å²) in [5, 5.41) is 13.6. The van der Waals surface area contributed by atoms with Crippen LogP contribution in [0.5, 0.6) is 0 Å². The Morgan fingerprint density at radius 1 is 1.24 bits per heavy atom. The molecule has 1 unspecified atom stereocenters. The first kappa shape index (κ1) is 15.2. The highest BCUT2D eigenvalue weighted by molar-refractivity contribution is 5.96. The van der Waals surface area contributed by atoms with Gasteiger partial charge < -0.3 is 15.7 Å². The van der Waals surface area contributed by atoms with Gasteiger partial charge in [0.1, 0.15) is 6.04 Å². The van der Waals surface area contributed by atoms with Crippen LogP contribution in [0, 0.1) is 0 Å². The van der Waals surface area contributed by atoms with Gasteiger partial charge in [-0.2, -0.15) is 0 Å². The minimum atomic E-state index is -1.25. The van der Waals surface area contributed by atoms with E-state index in [0.29, 0.717) is 0 Å². The van der Waals surface area contributed by atoms with Crippen molar-refractivity contribution in [3.63, 3.8) is 0 Å². The maximum Gasteiger partial charge on any atom is 0.326 e. The molecule has 6 nitrogen and oxygen atoms in total. The lowest BCUT2D eigenvalue weighted by Crippen LogP contribution is -2.45. The van der Waals surface area contributed by atoms with Gasteiger partial charge in [0, 0.05) is 11.6 Å². The summed E-state index contributed by atoms with van der Waals surface area (Å²) in [4.78, 5) is 33.5. The van der Waals surface area contributed by atoms with Crippen LogP contribution in [-0.2, 0) is 14.4 Å². The number of hydrogen-bond donors (Lipinski definition) is 3. The Hall–Kier alpha value is -1.85. The lowest BCUT2D eigenvalue weighted by atomic mass is 10.1. The van der Waals surface area contributed by atoms with Gasteiger partial charge in [0.2, 0.25) is 11.8 Å². The molecule has 96 valence electrons. The van der Waals surface area contributed by atoms with Crippen molar-refractivity contribution >= 4 is 17.8 Å². The lowest BCUT2D eigenvalue weighted by molar-refractivity contribution is -0.143. The molecule has 0 saturated carbocycles. The zero-order valence-electron chi connectivity index (χ0n) is 10.2. The zero-order chi connectivity index (χ0) is 13.6. The molecular formula is C11H18N2O4. The van der Waals surface area contributed by atoms with Crippen molar-refractivity contribution in [2.24, 2.45) is 0 Å². The molecule has 0 aliphatic carbocycles. The smallest absolute Gasteiger partial charge is 0.326 e. The van der Waals surface area contributed by atoms with Gasteiger partial charge in [0.05, 0.1) is 6.42 Å². The van der Waals surface area contributed by atoms with Gasteiger partial charge in [-0.25, -0.2) is 4.79 Å². The molecule has 0 aromatic carbocycles. The predicted molar refractivity (Wildman–Crippen MR) is 62.3 cm³/mol. The minimum Gasteiger partial charge on any atom is -0.480 e. The van der Waals surface area contributed by atoms with Crippen molar-refractivity contribution < 1.29 is 19.5 Å². The predicted octanol–water partition coefficient (Wildman–Crippen LogP) is 0.0466. The molecule has 0 saturated heterocycles. The van der Waals surface area contributed by atoms with Crippen LogP contribution in [0.4, 0.5) is 0 Å². The quantitative estimate of drug-likeness (QED) is 0.573. The van der Waals surface area contributed by atoms with Crippen LogP contribution in [-0.4, -0.2) is 35.0 Å². The average Bonchev–Trinajstić information content (AvgIpc) is 2.14. The maximum absolute atomic E-state index is 11.4. The molecule has 3 N–H and O–H groups in total. The molecule has 0 bridgehead atoms. The Labute approximate surface area is 100 Å². The van der Waals surface area contributed by atoms with Gasteiger partial charge in [-0.1, -0.05) is 6.58 Å². The first-order chi connectivity index (χ1) is 7.73. The van der Waals surface area contributed by atoms with Gasteiger partial charge in [0.25, 0.3) is 0 Å². The zero-order valence-corrected chi connectivity index (χ0v) is 10.2. The summed E-state index contributed by atoms with van der Waals surface area (Å²) in [5.74, 6) is -2.25. The van der Waals surface area contributed by atoms with Gasteiger partial charge in [-0.05, 0) is 20.8 Å². The average molecular weight is 242 g/mol. The Kier molecular flexibility index (Phi) is 5.95. The van der Waals surface area contributed by atoms with Gasteiger partial charge in [-0.15, -0.1) is 0 Å². The monoisotopic (exact) mass is 242 g/mol. The molecule has 2 amide bonds. The highest BCUT2D eigenvalue weighted by Crippen LogP contribution is 1.97. The largest absolute Gasteiger partial charge is 0.480 e. The van der Waals surface area contributed by atoms with E-state index < -0.39 is 23.8 Å². The highest BCUT2D eigenvalue weighted by atomic mass is 16.4. The molecule has 6 heteroatoms. The molecule has 0 spiro atoms. The number of carbonyl (C=O) groups is 3. The third-order valence-corrected chi connectivity index (χ3v) is 1.83. The first-order valence-corrected chi connectivity index (χ1v) is 5.22. The van der Waals surface area contributed by atoms with E-state index in [0.717, 1.165) is 0 Å². The summed E-state index contributed by atoms with van der Waals surface area (Å²) >= 11 is 0. The molecule has 0 fully saturated rings. The van der Waals surface area contributed by atoms with Gasteiger partial charge in [-0.3, -0.25) is 9.59 Å². The maximum atomic E-state index is 11.4. The van der Waals surface area contributed by atoms with Crippen molar-refractivity contribution in [3.8, 4) is 0 Å². The second-order valence-electron chi connectivity index (χ2n) is 4.07. The Morgan fingerprint density at radius 2 is 1.76 bits per heavy atom. The van der Waals surface area contributed by atoms with Crippen LogP contribution >= 0.6 is 0 Å². The SMILES string of the molecule is C=C(C)C(=O)NC(CC(=O)NC(C)C)C(=O)O. The number of amides is 2. The van der Waals surface area contributed by atoms with E-state index in [9.17, 15) is 14.4 Å². The highest BCUT2D eigenvalue weighted by Gasteiger charge is 2.23. The molecule has 0 aliphatic heterocycles. The van der Waals surface area contributed by atoms with Gasteiger partial charge in [0.15, 0.2) is 0 Å². The van der Waals surface area contributed by atoms with E-state index in [1.165, 1.54) is 6.92 Å². The summed E-state index contributed by atoms with van der Waals surface area (Å²) in [6.07, 6.45) is -0.299. The van der Waals surface area contributed by atoms with Crippen LogP contribution in [0.25, 0.3) is 0 Å². The van der Waals surface area contributed by atoms with E-state index >= 15 is 0 Å². The Balaban J connectivity index is 4.45. The Morgan fingerprint density at radius 3 is 2.12 bits per heavy atom. The normalized spacial score (nSPS) is 11.8. The second kappa shape index (κ2) is 6.67. The number of rotatable bonds is 6. The van der Waals surface area contributed by atoms with Crippen LogP contribution in [0.2, 0.25) is 0 Å². The van der Waals surface area contributed by atoms with Gasteiger partial charge >= 0.3 is 5.97 Å². The Bertz CT molecular complexity index is 336. The van der Waals surface area contributed by atoms with Crippen molar-refractivity contribution in [2.75, 3.05) is 0 Å². The standard InChI is InChI=1S/C11H18N2O4/c1-6(2)10(15)13-8(11(16)17)5-9(14)12-7(3)4/h7-8H,1,5H2,2-4H3,(H,12,14)(H,13,15)(H,16,17). The number of hydrogen-bond acceptors (Lipinski definition) is 3. The summed E-state index contributed by atoms with van der Waals surface area (Å²) in [6.45, 7) is 8.38. The summed E-state index contributed by atoms with van der Waals surface area (Å²) < 4.78 is 0. The van der Waals surface area contributed by atoms with E-state index in [1.807, 2.05) is 0 Å². The molecule has 1 atom stereocenters. The van der Waals surface area contributed by atoms with Crippen molar-refractivity contribution in [1.82, 2.24) is 10.6 Å². The lowest BCUT2D eigenvalue weighted by Gasteiger charge is -2.15. The molecule has 0 rings (SSSR count). The van der Waals surface area contributed by atoms with Crippen LogP contribution < -0.4 is 10.6 Å². The molecule has 0 aromatic heterocycles. The fourth-order valence-corrected chi connectivity index (χ4v) is 1.05. The minimum absolute atomic E-state index is 0.0752. The summed E-state index contributed by atoms with van der Waals surface area (Å²) in [5.41, 5.74) is 0.195. The third kappa shape index (κ3) is 6.34. The molecule has 0 radical (unpaired) electrons. The molecular weight excluding hydrogens is 224 g/mol. The van der Waals surface area contributed by atoms with E-state index in [2.05, 4.69) is 17.2 Å². The number of aliphatic carboxylic acids is 1. The first-order valence-electron chi connectivity index (χ1n) is 5.22. The topological polar surface area (TPSA) is 95.5 Å². The second-order valence-corrected chi connectivity index (χ2v) is 4.07. The fraction of sp³-hybridized carbons (Fsp3) is 0.545. The number of carbonyl (C=O) groups excluding carboxylic acids is 2. The van der Waals surface area contributed by atoms with Crippen molar-refractivity contribution in [3.05, 3.63) is 12.2 Å².